The van der Waals surface area contributed by atoms with Gasteiger partial charge >= 0.3 is 5.97 Å². The van der Waals surface area contributed by atoms with Gasteiger partial charge in [-0.2, -0.15) is 0 Å². The van der Waals surface area contributed by atoms with Crippen LogP contribution in [0.4, 0.5) is 0 Å². The van der Waals surface area contributed by atoms with Crippen molar-refractivity contribution in [1.82, 2.24) is 10.3 Å². The van der Waals surface area contributed by atoms with E-state index in [4.69, 9.17) is 4.74 Å². The highest BCUT2D eigenvalue weighted by Crippen LogP contribution is 2.01. The number of esters is 1. The van der Waals surface area contributed by atoms with Gasteiger partial charge in [0.15, 0.2) is 0 Å². The molecule has 0 fully saturated rings. The molecule has 0 atom stereocenters. The lowest BCUT2D eigenvalue weighted by Crippen LogP contribution is -2.14. The average Bonchev–Trinajstić information content (AvgIpc) is 2.39. The van der Waals surface area contributed by atoms with Crippen molar-refractivity contribution < 1.29 is 9.53 Å². The molecule has 1 aromatic heterocycles. The summed E-state index contributed by atoms with van der Waals surface area (Å²) in [6.07, 6.45) is 7.23. The van der Waals surface area contributed by atoms with Crippen molar-refractivity contribution in [2.24, 2.45) is 0 Å². The minimum Gasteiger partial charge on any atom is -0.466 e. The predicted molar refractivity (Wildman–Crippen MR) is 71.0 cm³/mol. The van der Waals surface area contributed by atoms with E-state index < -0.39 is 0 Å². The van der Waals surface area contributed by atoms with Gasteiger partial charge in [-0.25, -0.2) is 0 Å². The fourth-order valence-corrected chi connectivity index (χ4v) is 1.66. The summed E-state index contributed by atoms with van der Waals surface area (Å²) in [6, 6.07) is 4.00. The molecule has 1 rings (SSSR count). The summed E-state index contributed by atoms with van der Waals surface area (Å²) in [5, 5.41) is 3.36. The van der Waals surface area contributed by atoms with Crippen LogP contribution >= 0.6 is 0 Å². The van der Waals surface area contributed by atoms with E-state index in [-0.39, 0.29) is 5.97 Å². The van der Waals surface area contributed by atoms with E-state index in [0.717, 1.165) is 32.4 Å². The van der Waals surface area contributed by atoms with Crippen LogP contribution in [0.1, 0.15) is 38.2 Å². The molecule has 0 unspecified atom stereocenters. The molecule has 0 spiro atoms. The summed E-state index contributed by atoms with van der Waals surface area (Å²) in [7, 11) is 0. The molecule has 4 nitrogen and oxygen atoms in total. The minimum atomic E-state index is -0.0826. The smallest absolute Gasteiger partial charge is 0.305 e. The summed E-state index contributed by atoms with van der Waals surface area (Å²) in [4.78, 5) is 15.1. The summed E-state index contributed by atoms with van der Waals surface area (Å²) in [6.45, 7) is 4.13. The molecule has 0 saturated carbocycles. The van der Waals surface area contributed by atoms with Gasteiger partial charge in [0.05, 0.1) is 6.61 Å². The van der Waals surface area contributed by atoms with Gasteiger partial charge in [-0.1, -0.05) is 12.5 Å². The minimum absolute atomic E-state index is 0.0826. The molecule has 4 heteroatoms. The van der Waals surface area contributed by atoms with Crippen molar-refractivity contribution in [3.63, 3.8) is 0 Å². The van der Waals surface area contributed by atoms with Gasteiger partial charge in [0.25, 0.3) is 0 Å². The Bertz CT molecular complexity index is 328. The van der Waals surface area contributed by atoms with Crippen LogP contribution in [0.25, 0.3) is 0 Å². The number of unbranched alkanes of at least 4 members (excludes halogenated alkanes) is 2. The third-order valence-electron chi connectivity index (χ3n) is 2.59. The van der Waals surface area contributed by atoms with Crippen LogP contribution in [0.5, 0.6) is 0 Å². The fraction of sp³-hybridized carbons (Fsp3) is 0.571. The van der Waals surface area contributed by atoms with Crippen molar-refractivity contribution in [2.75, 3.05) is 13.2 Å². The van der Waals surface area contributed by atoms with Gasteiger partial charge < -0.3 is 10.1 Å². The first-order valence-electron chi connectivity index (χ1n) is 6.58. The second kappa shape index (κ2) is 9.59. The maximum absolute atomic E-state index is 11.1. The van der Waals surface area contributed by atoms with Gasteiger partial charge in [0.1, 0.15) is 0 Å². The predicted octanol–water partition coefficient (Wildman–Crippen LogP) is 2.29. The standard InChI is InChI=1S/C14H22N2O2/c1-2-18-14(17)8-4-3-5-9-15-11-13-7-6-10-16-12-13/h6-7,10,12,15H,2-5,8-9,11H2,1H3. The summed E-state index contributed by atoms with van der Waals surface area (Å²) < 4.78 is 4.87. The number of hydrogen-bond acceptors (Lipinski definition) is 4. The second-order valence-electron chi connectivity index (χ2n) is 4.15. The Kier molecular flexibility index (Phi) is 7.80. The molecule has 18 heavy (non-hydrogen) atoms. The summed E-state index contributed by atoms with van der Waals surface area (Å²) in [5.41, 5.74) is 1.20. The zero-order valence-corrected chi connectivity index (χ0v) is 11.0. The van der Waals surface area contributed by atoms with Crippen molar-refractivity contribution in [1.29, 1.82) is 0 Å². The van der Waals surface area contributed by atoms with Crippen LogP contribution in [0.15, 0.2) is 24.5 Å². The lowest BCUT2D eigenvalue weighted by Gasteiger charge is -2.04. The summed E-state index contributed by atoms with van der Waals surface area (Å²) in [5.74, 6) is -0.0826. The number of aromatic nitrogens is 1. The molecule has 0 saturated heterocycles. The highest BCUT2D eigenvalue weighted by molar-refractivity contribution is 5.69. The quantitative estimate of drug-likeness (QED) is 0.539. The molecular weight excluding hydrogens is 228 g/mol. The first-order chi connectivity index (χ1) is 8.83. The Morgan fingerprint density at radius 3 is 3.00 bits per heavy atom. The second-order valence-corrected chi connectivity index (χ2v) is 4.15. The van der Waals surface area contributed by atoms with Crippen LogP contribution in [0, 0.1) is 0 Å². The summed E-state index contributed by atoms with van der Waals surface area (Å²) >= 11 is 0. The number of carbonyl (C=O) groups is 1. The van der Waals surface area contributed by atoms with E-state index >= 15 is 0 Å². The van der Waals surface area contributed by atoms with Crippen LogP contribution < -0.4 is 5.32 Å². The van der Waals surface area contributed by atoms with E-state index in [2.05, 4.69) is 16.4 Å². The zero-order valence-electron chi connectivity index (χ0n) is 11.0. The van der Waals surface area contributed by atoms with Crippen molar-refractivity contribution in [3.05, 3.63) is 30.1 Å². The monoisotopic (exact) mass is 250 g/mol. The molecule has 1 aromatic rings. The van der Waals surface area contributed by atoms with Crippen LogP contribution in [0.3, 0.4) is 0 Å². The SMILES string of the molecule is CCOC(=O)CCCCCNCc1cccnc1. The van der Waals surface area contributed by atoms with Crippen LogP contribution in [-0.2, 0) is 16.1 Å². The van der Waals surface area contributed by atoms with Crippen molar-refractivity contribution in [3.8, 4) is 0 Å². The Balaban J connectivity index is 1.92. The Morgan fingerprint density at radius 2 is 2.28 bits per heavy atom. The number of carbonyl (C=O) groups excluding carboxylic acids is 1. The van der Waals surface area contributed by atoms with E-state index in [1.54, 1.807) is 6.20 Å². The van der Waals surface area contributed by atoms with Gasteiger partial charge in [-0.05, 0) is 37.9 Å². The topological polar surface area (TPSA) is 51.2 Å². The van der Waals surface area contributed by atoms with Gasteiger partial charge in [0, 0.05) is 25.4 Å². The first-order valence-corrected chi connectivity index (χ1v) is 6.58. The van der Waals surface area contributed by atoms with Crippen LogP contribution in [-0.4, -0.2) is 24.1 Å². The van der Waals surface area contributed by atoms with Crippen molar-refractivity contribution >= 4 is 5.97 Å². The Morgan fingerprint density at radius 1 is 1.39 bits per heavy atom. The van der Waals surface area contributed by atoms with Crippen LogP contribution in [0.2, 0.25) is 0 Å². The molecule has 1 heterocycles. The molecule has 0 aliphatic carbocycles. The maximum Gasteiger partial charge on any atom is 0.305 e. The van der Waals surface area contributed by atoms with Gasteiger partial charge in [0.2, 0.25) is 0 Å². The lowest BCUT2D eigenvalue weighted by atomic mass is 10.2. The highest BCUT2D eigenvalue weighted by atomic mass is 16.5. The Labute approximate surface area is 109 Å². The highest BCUT2D eigenvalue weighted by Gasteiger charge is 2.00. The molecule has 0 aliphatic rings. The Hall–Kier alpha value is -1.42. The van der Waals surface area contributed by atoms with E-state index in [1.165, 1.54) is 5.56 Å². The number of hydrogen-bond donors (Lipinski definition) is 1. The maximum atomic E-state index is 11.1. The number of rotatable bonds is 9. The normalized spacial score (nSPS) is 10.3. The van der Waals surface area contributed by atoms with Gasteiger partial charge in [-0.15, -0.1) is 0 Å². The number of ether oxygens (including phenoxy) is 1. The molecule has 0 aliphatic heterocycles. The molecule has 0 amide bonds. The third kappa shape index (κ3) is 7.01. The van der Waals surface area contributed by atoms with Gasteiger partial charge in [-0.3, -0.25) is 9.78 Å². The number of nitrogens with one attached hydrogen (secondary N) is 1. The fourth-order valence-electron chi connectivity index (χ4n) is 1.66. The van der Waals surface area contributed by atoms with E-state index in [0.29, 0.717) is 13.0 Å². The molecule has 0 bridgehead atoms. The lowest BCUT2D eigenvalue weighted by molar-refractivity contribution is -0.143. The van der Waals surface area contributed by atoms with E-state index in [9.17, 15) is 4.79 Å². The molecule has 1 N–H and O–H groups in total. The van der Waals surface area contributed by atoms with E-state index in [1.807, 2.05) is 19.2 Å². The number of pyridine rings is 1. The third-order valence-corrected chi connectivity index (χ3v) is 2.59. The first kappa shape index (κ1) is 14.6. The number of nitrogens with zero attached hydrogens (tertiary/aromatic N) is 1. The largest absolute Gasteiger partial charge is 0.466 e. The molecular formula is C14H22N2O2. The van der Waals surface area contributed by atoms with Crippen molar-refractivity contribution in [2.45, 2.75) is 39.2 Å². The average molecular weight is 250 g/mol. The molecule has 0 radical (unpaired) electrons. The zero-order chi connectivity index (χ0) is 13.1. The molecule has 100 valence electrons. The molecule has 0 aromatic carbocycles.